The Balaban J connectivity index is 2.72. The van der Waals surface area contributed by atoms with Gasteiger partial charge in [0.05, 0.1) is 6.42 Å². The van der Waals surface area contributed by atoms with Gasteiger partial charge in [0.2, 0.25) is 0 Å². The molecule has 0 fully saturated rings. The molecule has 0 aromatic carbocycles. The zero-order chi connectivity index (χ0) is 12.9. The molecule has 5 heteroatoms. The van der Waals surface area contributed by atoms with Gasteiger partial charge in [0.25, 0.3) is 0 Å². The van der Waals surface area contributed by atoms with Crippen LogP contribution in [0.2, 0.25) is 0 Å². The van der Waals surface area contributed by atoms with Crippen LogP contribution in [0, 0.1) is 0 Å². The van der Waals surface area contributed by atoms with Crippen LogP contribution in [-0.2, 0) is 19.1 Å². The lowest BCUT2D eigenvalue weighted by molar-refractivity contribution is -0.323. The van der Waals surface area contributed by atoms with Gasteiger partial charge in [0, 0.05) is 11.6 Å². The molecule has 1 heterocycles. The Hall–Kier alpha value is -1.36. The van der Waals surface area contributed by atoms with Crippen molar-refractivity contribution in [2.45, 2.75) is 51.9 Å². The van der Waals surface area contributed by atoms with Crippen LogP contribution < -0.4 is 0 Å². The molecule has 0 spiro atoms. The molecule has 1 aliphatic rings. The second-order valence-electron chi connectivity index (χ2n) is 4.00. The van der Waals surface area contributed by atoms with Crippen LogP contribution in [0.4, 0.5) is 0 Å². The number of rotatable bonds is 5. The molecule has 0 saturated carbocycles. The van der Waals surface area contributed by atoms with Crippen LogP contribution in [0.15, 0.2) is 11.6 Å². The van der Waals surface area contributed by atoms with Crippen molar-refractivity contribution in [3.05, 3.63) is 11.6 Å². The number of hydrogen-bond donors (Lipinski definition) is 1. The van der Waals surface area contributed by atoms with E-state index in [4.69, 9.17) is 9.47 Å². The molecule has 96 valence electrons. The summed E-state index contributed by atoms with van der Waals surface area (Å²) in [7, 11) is 0. The van der Waals surface area contributed by atoms with E-state index in [1.54, 1.807) is 6.92 Å². The van der Waals surface area contributed by atoms with Gasteiger partial charge in [-0.05, 0) is 12.8 Å². The minimum Gasteiger partial charge on any atom is -0.395 e. The van der Waals surface area contributed by atoms with E-state index in [-0.39, 0.29) is 12.0 Å². The third kappa shape index (κ3) is 3.85. The molecule has 0 amide bonds. The molecule has 0 aliphatic carbocycles. The zero-order valence-electron chi connectivity index (χ0n) is 10.2. The van der Waals surface area contributed by atoms with Crippen LogP contribution in [0.3, 0.4) is 0 Å². The average molecular weight is 242 g/mol. The minimum absolute atomic E-state index is 0.100. The molecule has 0 aromatic rings. The van der Waals surface area contributed by atoms with E-state index >= 15 is 0 Å². The largest absolute Gasteiger partial charge is 0.395 e. The maximum Gasteiger partial charge on any atom is 0.373 e. The number of carbonyl (C=O) groups is 2. The van der Waals surface area contributed by atoms with Gasteiger partial charge >= 0.3 is 17.9 Å². The van der Waals surface area contributed by atoms with E-state index in [2.05, 4.69) is 0 Å². The summed E-state index contributed by atoms with van der Waals surface area (Å²) in [6, 6.07) is 0. The first-order valence-corrected chi connectivity index (χ1v) is 5.90. The van der Waals surface area contributed by atoms with Crippen molar-refractivity contribution in [2.75, 3.05) is 0 Å². The van der Waals surface area contributed by atoms with E-state index in [9.17, 15) is 14.7 Å². The maximum absolute atomic E-state index is 11.6. The average Bonchev–Trinajstić information content (AvgIpc) is 2.35. The lowest BCUT2D eigenvalue weighted by Gasteiger charge is -2.24. The number of unbranched alkanes of at least 4 members (excludes halogenated alkanes) is 2. The Morgan fingerprint density at radius 2 is 1.94 bits per heavy atom. The van der Waals surface area contributed by atoms with Crippen LogP contribution >= 0.6 is 0 Å². The van der Waals surface area contributed by atoms with Crippen molar-refractivity contribution in [3.63, 3.8) is 0 Å². The molecular formula is C12H18O5. The van der Waals surface area contributed by atoms with E-state index in [0.717, 1.165) is 18.9 Å². The predicted molar refractivity (Wildman–Crippen MR) is 59.6 cm³/mol. The van der Waals surface area contributed by atoms with Gasteiger partial charge in [-0.1, -0.05) is 26.7 Å². The molecule has 0 radical (unpaired) electrons. The van der Waals surface area contributed by atoms with Gasteiger partial charge in [-0.15, -0.1) is 0 Å². The molecule has 0 aromatic heterocycles. The van der Waals surface area contributed by atoms with Crippen LogP contribution in [0.1, 0.15) is 46.0 Å². The Bertz CT molecular complexity index is 334. The lowest BCUT2D eigenvalue weighted by Crippen LogP contribution is -2.38. The first kappa shape index (κ1) is 13.7. The van der Waals surface area contributed by atoms with Crippen LogP contribution in [0.25, 0.3) is 0 Å². The molecule has 1 rings (SSSR count). The van der Waals surface area contributed by atoms with Crippen LogP contribution in [0.5, 0.6) is 0 Å². The number of hydrogen-bond acceptors (Lipinski definition) is 5. The molecule has 0 saturated heterocycles. The highest BCUT2D eigenvalue weighted by molar-refractivity contribution is 5.97. The number of ether oxygens (including phenoxy) is 2. The normalized spacial score (nSPS) is 24.8. The van der Waals surface area contributed by atoms with E-state index < -0.39 is 17.9 Å². The minimum atomic E-state index is -2.11. The first-order valence-electron chi connectivity index (χ1n) is 5.90. The highest BCUT2D eigenvalue weighted by Gasteiger charge is 2.38. The molecular weight excluding hydrogens is 224 g/mol. The van der Waals surface area contributed by atoms with Crippen molar-refractivity contribution in [3.8, 4) is 0 Å². The van der Waals surface area contributed by atoms with E-state index in [1.165, 1.54) is 0 Å². The van der Waals surface area contributed by atoms with Gasteiger partial charge in [0.1, 0.15) is 0 Å². The van der Waals surface area contributed by atoms with Crippen molar-refractivity contribution in [1.82, 2.24) is 0 Å². The molecule has 1 aliphatic heterocycles. The molecule has 1 N–H and O–H groups in total. The first-order chi connectivity index (χ1) is 8.00. The third-order valence-electron chi connectivity index (χ3n) is 2.54. The highest BCUT2D eigenvalue weighted by atomic mass is 16.8. The summed E-state index contributed by atoms with van der Waals surface area (Å²) < 4.78 is 9.57. The fourth-order valence-electron chi connectivity index (χ4n) is 1.57. The summed E-state index contributed by atoms with van der Waals surface area (Å²) >= 11 is 0. The Morgan fingerprint density at radius 3 is 2.53 bits per heavy atom. The van der Waals surface area contributed by atoms with Crippen molar-refractivity contribution >= 4 is 11.9 Å². The molecule has 1 unspecified atom stereocenters. The fraction of sp³-hybridized carbons (Fsp3) is 0.667. The molecule has 1 atom stereocenters. The highest BCUT2D eigenvalue weighted by Crippen LogP contribution is 2.24. The topological polar surface area (TPSA) is 72.8 Å². The molecule has 5 nitrogen and oxygen atoms in total. The lowest BCUT2D eigenvalue weighted by atomic mass is 10.2. The standard InChI is InChI=1S/C12H18O5/c1-3-5-6-7-12(15)16-10(13)8-9(4-2)11(14)17-12/h8,15H,3-7H2,1-2H3. The number of esters is 2. The smallest absolute Gasteiger partial charge is 0.373 e. The third-order valence-corrected chi connectivity index (χ3v) is 2.54. The fourth-order valence-corrected chi connectivity index (χ4v) is 1.57. The summed E-state index contributed by atoms with van der Waals surface area (Å²) in [5, 5.41) is 9.91. The van der Waals surface area contributed by atoms with Gasteiger partial charge in [-0.2, -0.15) is 0 Å². The summed E-state index contributed by atoms with van der Waals surface area (Å²) in [6.07, 6.45) is 3.97. The Morgan fingerprint density at radius 1 is 1.24 bits per heavy atom. The number of cyclic esters (lactones) is 2. The zero-order valence-corrected chi connectivity index (χ0v) is 10.2. The summed E-state index contributed by atoms with van der Waals surface area (Å²) in [6.45, 7) is 3.73. The predicted octanol–water partition coefficient (Wildman–Crippen LogP) is 1.65. The molecule has 17 heavy (non-hydrogen) atoms. The maximum atomic E-state index is 11.6. The summed E-state index contributed by atoms with van der Waals surface area (Å²) in [4.78, 5) is 22.9. The number of carbonyl (C=O) groups excluding carboxylic acids is 2. The van der Waals surface area contributed by atoms with Gasteiger partial charge in [-0.25, -0.2) is 9.59 Å². The van der Waals surface area contributed by atoms with Gasteiger partial charge in [0.15, 0.2) is 0 Å². The summed E-state index contributed by atoms with van der Waals surface area (Å²) in [5.74, 6) is -3.56. The SMILES string of the molecule is CCCCCC1(O)OC(=O)C=C(CC)C(=O)O1. The molecule has 0 bridgehead atoms. The van der Waals surface area contributed by atoms with Crippen molar-refractivity contribution in [1.29, 1.82) is 0 Å². The van der Waals surface area contributed by atoms with Crippen molar-refractivity contribution in [2.24, 2.45) is 0 Å². The summed E-state index contributed by atoms with van der Waals surface area (Å²) in [5.41, 5.74) is 0.210. The van der Waals surface area contributed by atoms with Gasteiger partial charge < -0.3 is 14.6 Å². The van der Waals surface area contributed by atoms with E-state index in [1.807, 2.05) is 6.92 Å². The Kier molecular flexibility index (Phi) is 4.69. The number of aliphatic hydroxyl groups is 1. The second-order valence-corrected chi connectivity index (χ2v) is 4.00. The van der Waals surface area contributed by atoms with E-state index in [0.29, 0.717) is 12.8 Å². The van der Waals surface area contributed by atoms with Crippen molar-refractivity contribution < 1.29 is 24.2 Å². The second kappa shape index (κ2) is 5.82. The van der Waals surface area contributed by atoms with Gasteiger partial charge in [-0.3, -0.25) is 0 Å². The van der Waals surface area contributed by atoms with Crippen LogP contribution in [-0.4, -0.2) is 23.0 Å². The monoisotopic (exact) mass is 242 g/mol. The quantitative estimate of drug-likeness (QED) is 0.586. The Labute approximate surface area is 100 Å².